The number of benzene rings is 1. The average molecular weight is 334 g/mol. The van der Waals surface area contributed by atoms with Crippen LogP contribution in [0.2, 0.25) is 0 Å². The van der Waals surface area contributed by atoms with Crippen molar-refractivity contribution >= 4 is 17.6 Å². The third-order valence-electron chi connectivity index (χ3n) is 4.14. The fourth-order valence-corrected chi connectivity index (χ4v) is 2.56. The van der Waals surface area contributed by atoms with E-state index in [1.807, 2.05) is 18.2 Å². The lowest BCUT2D eigenvalue weighted by atomic mass is 9.88. The number of amides is 1. The van der Waals surface area contributed by atoms with Crippen LogP contribution < -0.4 is 15.0 Å². The first kappa shape index (κ1) is 18.3. The van der Waals surface area contributed by atoms with Crippen LogP contribution in [0.1, 0.15) is 39.2 Å². The van der Waals surface area contributed by atoms with Crippen LogP contribution in [0.3, 0.4) is 0 Å². The van der Waals surface area contributed by atoms with Crippen molar-refractivity contribution in [2.45, 2.75) is 46.2 Å². The SMILES string of the molecule is CN1C(=O)COc2ccc(CNC(CCC(C)(C)C)C(=O)O)cc21. The Bertz CT molecular complexity index is 622. The first-order valence-electron chi connectivity index (χ1n) is 8.16. The highest BCUT2D eigenvalue weighted by molar-refractivity contribution is 5.97. The quantitative estimate of drug-likeness (QED) is 0.835. The molecule has 6 heteroatoms. The highest BCUT2D eigenvalue weighted by Crippen LogP contribution is 2.32. The number of anilines is 1. The monoisotopic (exact) mass is 334 g/mol. The second kappa shape index (κ2) is 7.21. The lowest BCUT2D eigenvalue weighted by molar-refractivity contribution is -0.139. The number of carboxylic acids is 1. The van der Waals surface area contributed by atoms with E-state index in [1.54, 1.807) is 11.9 Å². The minimum absolute atomic E-state index is 0.0506. The van der Waals surface area contributed by atoms with Gasteiger partial charge in [0, 0.05) is 13.6 Å². The number of rotatable bonds is 6. The number of likely N-dealkylation sites (N-methyl/N-ethyl adjacent to an activating group) is 1. The topological polar surface area (TPSA) is 78.9 Å². The van der Waals surface area contributed by atoms with Gasteiger partial charge in [-0.25, -0.2) is 0 Å². The van der Waals surface area contributed by atoms with Crippen molar-refractivity contribution in [2.24, 2.45) is 5.41 Å². The smallest absolute Gasteiger partial charge is 0.320 e. The van der Waals surface area contributed by atoms with Crippen LogP contribution in [0, 0.1) is 5.41 Å². The van der Waals surface area contributed by atoms with Crippen LogP contribution >= 0.6 is 0 Å². The number of aliphatic carboxylic acids is 1. The van der Waals surface area contributed by atoms with E-state index in [2.05, 4.69) is 26.1 Å². The zero-order valence-electron chi connectivity index (χ0n) is 14.8. The zero-order chi connectivity index (χ0) is 17.9. The van der Waals surface area contributed by atoms with E-state index in [-0.39, 0.29) is 17.9 Å². The van der Waals surface area contributed by atoms with Gasteiger partial charge in [-0.15, -0.1) is 0 Å². The Hall–Kier alpha value is -2.08. The molecular weight excluding hydrogens is 308 g/mol. The molecule has 1 heterocycles. The molecule has 0 radical (unpaired) electrons. The summed E-state index contributed by atoms with van der Waals surface area (Å²) in [6.07, 6.45) is 1.40. The second-order valence-electron chi connectivity index (χ2n) is 7.41. The number of hydrogen-bond donors (Lipinski definition) is 2. The van der Waals surface area contributed by atoms with Gasteiger partial charge >= 0.3 is 5.97 Å². The molecule has 1 aliphatic rings. The first-order chi connectivity index (χ1) is 11.2. The van der Waals surface area contributed by atoms with Gasteiger partial charge in [-0.3, -0.25) is 9.59 Å². The molecule has 0 aromatic heterocycles. The Labute approximate surface area is 142 Å². The molecule has 0 fully saturated rings. The van der Waals surface area contributed by atoms with Crippen LogP contribution in [-0.4, -0.2) is 36.7 Å². The van der Waals surface area contributed by atoms with Crippen LogP contribution in [0.5, 0.6) is 5.75 Å². The summed E-state index contributed by atoms with van der Waals surface area (Å²) in [7, 11) is 1.71. The molecule has 24 heavy (non-hydrogen) atoms. The molecule has 0 aliphatic carbocycles. The van der Waals surface area contributed by atoms with Gasteiger partial charge in [-0.2, -0.15) is 0 Å². The Kier molecular flexibility index (Phi) is 5.49. The van der Waals surface area contributed by atoms with Crippen molar-refractivity contribution in [1.82, 2.24) is 5.32 Å². The molecule has 1 unspecified atom stereocenters. The first-order valence-corrected chi connectivity index (χ1v) is 8.16. The van der Waals surface area contributed by atoms with E-state index < -0.39 is 12.0 Å². The van der Waals surface area contributed by atoms with Gasteiger partial charge in [-0.05, 0) is 36.0 Å². The molecule has 0 spiro atoms. The van der Waals surface area contributed by atoms with Gasteiger partial charge in [0.05, 0.1) is 5.69 Å². The number of nitrogens with zero attached hydrogens (tertiary/aromatic N) is 1. The Morgan fingerprint density at radius 2 is 2.12 bits per heavy atom. The summed E-state index contributed by atoms with van der Waals surface area (Å²) in [6, 6.07) is 4.98. The summed E-state index contributed by atoms with van der Waals surface area (Å²) in [5, 5.41) is 12.5. The van der Waals surface area contributed by atoms with Crippen molar-refractivity contribution in [3.63, 3.8) is 0 Å². The highest BCUT2D eigenvalue weighted by atomic mass is 16.5. The maximum atomic E-state index is 11.7. The molecule has 1 atom stereocenters. The van der Waals surface area contributed by atoms with Gasteiger partial charge in [0.1, 0.15) is 11.8 Å². The Morgan fingerprint density at radius 3 is 2.75 bits per heavy atom. The van der Waals surface area contributed by atoms with E-state index in [1.165, 1.54) is 0 Å². The molecule has 6 nitrogen and oxygen atoms in total. The number of carboxylic acid groups (broad SMARTS) is 1. The molecule has 1 amide bonds. The molecule has 132 valence electrons. The number of ether oxygens (including phenoxy) is 1. The number of fused-ring (bicyclic) bond motifs is 1. The molecule has 2 rings (SSSR count). The van der Waals surface area contributed by atoms with Crippen LogP contribution in [-0.2, 0) is 16.1 Å². The fourth-order valence-electron chi connectivity index (χ4n) is 2.56. The van der Waals surface area contributed by atoms with Crippen molar-refractivity contribution in [3.8, 4) is 5.75 Å². The summed E-state index contributed by atoms with van der Waals surface area (Å²) >= 11 is 0. The molecular formula is C18H26N2O4. The maximum Gasteiger partial charge on any atom is 0.320 e. The lowest BCUT2D eigenvalue weighted by Gasteiger charge is -2.26. The van der Waals surface area contributed by atoms with Crippen molar-refractivity contribution < 1.29 is 19.4 Å². The molecule has 2 N–H and O–H groups in total. The van der Waals surface area contributed by atoms with Gasteiger partial charge in [0.2, 0.25) is 0 Å². The van der Waals surface area contributed by atoms with Gasteiger partial charge < -0.3 is 20.1 Å². The molecule has 0 bridgehead atoms. The average Bonchev–Trinajstić information content (AvgIpc) is 2.50. The number of carbonyl (C=O) groups is 2. The van der Waals surface area contributed by atoms with Crippen LogP contribution in [0.25, 0.3) is 0 Å². The lowest BCUT2D eigenvalue weighted by Crippen LogP contribution is -2.37. The minimum Gasteiger partial charge on any atom is -0.482 e. The molecule has 1 aromatic rings. The van der Waals surface area contributed by atoms with Crippen molar-refractivity contribution in [1.29, 1.82) is 0 Å². The number of carbonyl (C=O) groups excluding carboxylic acids is 1. The van der Waals surface area contributed by atoms with E-state index >= 15 is 0 Å². The van der Waals surface area contributed by atoms with E-state index in [4.69, 9.17) is 4.74 Å². The zero-order valence-corrected chi connectivity index (χ0v) is 14.8. The number of hydrogen-bond acceptors (Lipinski definition) is 4. The largest absolute Gasteiger partial charge is 0.482 e. The normalized spacial score (nSPS) is 15.7. The van der Waals surface area contributed by atoms with Crippen molar-refractivity contribution in [3.05, 3.63) is 23.8 Å². The molecule has 0 saturated carbocycles. The van der Waals surface area contributed by atoms with E-state index in [0.29, 0.717) is 24.4 Å². The standard InChI is InChI=1S/C18H26N2O4/c1-18(2,3)8-7-13(17(22)23)19-10-12-5-6-15-14(9-12)20(4)16(21)11-24-15/h5-6,9,13,19H,7-8,10-11H2,1-4H3,(H,22,23). The third-order valence-corrected chi connectivity index (χ3v) is 4.14. The molecule has 0 saturated heterocycles. The predicted molar refractivity (Wildman–Crippen MR) is 92.3 cm³/mol. The second-order valence-corrected chi connectivity index (χ2v) is 7.41. The molecule has 1 aliphatic heterocycles. The summed E-state index contributed by atoms with van der Waals surface area (Å²) in [6.45, 7) is 6.78. The van der Waals surface area contributed by atoms with Crippen LogP contribution in [0.4, 0.5) is 5.69 Å². The summed E-state index contributed by atoms with van der Waals surface area (Å²) in [5.41, 5.74) is 1.73. The van der Waals surface area contributed by atoms with Crippen LogP contribution in [0.15, 0.2) is 18.2 Å². The van der Waals surface area contributed by atoms with Gasteiger partial charge in [0.25, 0.3) is 5.91 Å². The third kappa shape index (κ3) is 4.71. The predicted octanol–water partition coefficient (Wildman–Crippen LogP) is 2.41. The van der Waals surface area contributed by atoms with Gasteiger partial charge in [-0.1, -0.05) is 26.8 Å². The van der Waals surface area contributed by atoms with E-state index in [9.17, 15) is 14.7 Å². The highest BCUT2D eigenvalue weighted by Gasteiger charge is 2.23. The van der Waals surface area contributed by atoms with Crippen molar-refractivity contribution in [2.75, 3.05) is 18.6 Å². The summed E-state index contributed by atoms with van der Waals surface area (Å²) < 4.78 is 5.40. The van der Waals surface area contributed by atoms with E-state index in [0.717, 1.165) is 12.0 Å². The minimum atomic E-state index is -0.840. The summed E-state index contributed by atoms with van der Waals surface area (Å²) in [5.74, 6) is -0.266. The van der Waals surface area contributed by atoms with Gasteiger partial charge in [0.15, 0.2) is 6.61 Å². The molecule has 1 aromatic carbocycles. The Balaban J connectivity index is 2.02. The Morgan fingerprint density at radius 1 is 1.42 bits per heavy atom. The summed E-state index contributed by atoms with van der Waals surface area (Å²) in [4.78, 5) is 24.7. The number of nitrogens with one attached hydrogen (secondary N) is 1. The fraction of sp³-hybridized carbons (Fsp3) is 0.556. The maximum absolute atomic E-state index is 11.7.